The van der Waals surface area contributed by atoms with Crippen LogP contribution in [0.15, 0.2) is 0 Å². The van der Waals surface area contributed by atoms with Crippen molar-refractivity contribution in [2.45, 2.75) is 13.0 Å². The summed E-state index contributed by atoms with van der Waals surface area (Å²) in [6.07, 6.45) is 0. The summed E-state index contributed by atoms with van der Waals surface area (Å²) in [5.74, 6) is 0.750. The van der Waals surface area contributed by atoms with Gasteiger partial charge in [-0.05, 0) is 6.92 Å². The second kappa shape index (κ2) is 4.16. The van der Waals surface area contributed by atoms with Gasteiger partial charge in [-0.2, -0.15) is 0 Å². The molecule has 3 heteroatoms. The first-order valence-corrected chi connectivity index (χ1v) is 4.39. The minimum atomic E-state index is 0.545. The minimum absolute atomic E-state index is 0.545. The number of rotatable bonds is 2. The van der Waals surface area contributed by atoms with Crippen LogP contribution in [0.1, 0.15) is 6.92 Å². The van der Waals surface area contributed by atoms with Crippen molar-refractivity contribution in [1.82, 2.24) is 10.2 Å². The molecule has 0 aromatic carbocycles. The molecule has 0 aliphatic carbocycles. The molecule has 1 atom stereocenters. The largest absolute Gasteiger partial charge is 0.314 e. The highest BCUT2D eigenvalue weighted by Crippen LogP contribution is 2.01. The van der Waals surface area contributed by atoms with Crippen LogP contribution in [-0.2, 0) is 0 Å². The van der Waals surface area contributed by atoms with Crippen LogP contribution in [0.25, 0.3) is 0 Å². The molecule has 1 fully saturated rings. The van der Waals surface area contributed by atoms with E-state index in [1.54, 1.807) is 0 Å². The lowest BCUT2D eigenvalue weighted by atomic mass is 10.3. The fraction of sp³-hybridized carbons (Fsp3) is 1.00. The lowest BCUT2D eigenvalue weighted by Crippen LogP contribution is -2.48. The zero-order chi connectivity index (χ0) is 7.40. The highest BCUT2D eigenvalue weighted by atomic mass is 35.5. The van der Waals surface area contributed by atoms with Gasteiger partial charge in [0.05, 0.1) is 0 Å². The lowest BCUT2D eigenvalue weighted by Gasteiger charge is -2.31. The van der Waals surface area contributed by atoms with Gasteiger partial charge >= 0.3 is 0 Å². The van der Waals surface area contributed by atoms with Crippen LogP contribution < -0.4 is 5.32 Å². The van der Waals surface area contributed by atoms with Gasteiger partial charge in [0.2, 0.25) is 0 Å². The first-order valence-electron chi connectivity index (χ1n) is 3.85. The van der Waals surface area contributed by atoms with E-state index in [0.29, 0.717) is 6.04 Å². The van der Waals surface area contributed by atoms with Gasteiger partial charge in [0.25, 0.3) is 0 Å². The smallest absolute Gasteiger partial charge is 0.0376 e. The average molecular weight is 163 g/mol. The molecule has 0 amide bonds. The second-order valence-electron chi connectivity index (χ2n) is 2.79. The number of alkyl halides is 1. The van der Waals surface area contributed by atoms with Crippen LogP contribution in [0.4, 0.5) is 0 Å². The maximum absolute atomic E-state index is 5.72. The molecular weight excluding hydrogens is 148 g/mol. The summed E-state index contributed by atoms with van der Waals surface area (Å²) in [6, 6.07) is 0.545. The molecule has 60 valence electrons. The molecule has 1 unspecified atom stereocenters. The quantitative estimate of drug-likeness (QED) is 0.596. The number of nitrogens with zero attached hydrogens (tertiary/aromatic N) is 1. The third kappa shape index (κ3) is 2.11. The van der Waals surface area contributed by atoms with Crippen molar-refractivity contribution in [2.75, 3.05) is 32.1 Å². The van der Waals surface area contributed by atoms with Gasteiger partial charge in [0.15, 0.2) is 0 Å². The molecule has 1 rings (SSSR count). The molecule has 1 heterocycles. The van der Waals surface area contributed by atoms with E-state index in [0.717, 1.165) is 32.1 Å². The fourth-order valence-electron chi connectivity index (χ4n) is 1.22. The molecule has 1 N–H and O–H groups in total. The molecule has 1 saturated heterocycles. The van der Waals surface area contributed by atoms with Gasteiger partial charge in [-0.25, -0.2) is 0 Å². The zero-order valence-corrected chi connectivity index (χ0v) is 7.19. The van der Waals surface area contributed by atoms with Crippen LogP contribution in [0.5, 0.6) is 0 Å². The molecule has 0 aromatic heterocycles. The van der Waals surface area contributed by atoms with E-state index in [2.05, 4.69) is 17.1 Å². The minimum Gasteiger partial charge on any atom is -0.314 e. The van der Waals surface area contributed by atoms with Crippen LogP contribution >= 0.6 is 11.6 Å². The van der Waals surface area contributed by atoms with Crippen molar-refractivity contribution < 1.29 is 0 Å². The maximum Gasteiger partial charge on any atom is 0.0376 e. The van der Waals surface area contributed by atoms with Gasteiger partial charge in [0.1, 0.15) is 0 Å². The Labute approximate surface area is 67.5 Å². The second-order valence-corrected chi connectivity index (χ2v) is 3.10. The molecule has 1 aliphatic heterocycles. The van der Waals surface area contributed by atoms with Crippen LogP contribution in [0.2, 0.25) is 0 Å². The van der Waals surface area contributed by atoms with Gasteiger partial charge in [0, 0.05) is 38.1 Å². The Morgan fingerprint density at radius 3 is 2.60 bits per heavy atom. The van der Waals surface area contributed by atoms with E-state index in [-0.39, 0.29) is 0 Å². The van der Waals surface area contributed by atoms with Crippen molar-refractivity contribution in [3.8, 4) is 0 Å². The van der Waals surface area contributed by atoms with E-state index < -0.39 is 0 Å². The van der Waals surface area contributed by atoms with Crippen molar-refractivity contribution in [3.63, 3.8) is 0 Å². The van der Waals surface area contributed by atoms with E-state index in [9.17, 15) is 0 Å². The van der Waals surface area contributed by atoms with Crippen LogP contribution in [-0.4, -0.2) is 43.0 Å². The summed E-state index contributed by atoms with van der Waals surface area (Å²) in [6.45, 7) is 6.70. The summed E-state index contributed by atoms with van der Waals surface area (Å²) in [7, 11) is 0. The van der Waals surface area contributed by atoms with E-state index >= 15 is 0 Å². The third-order valence-electron chi connectivity index (χ3n) is 2.00. The van der Waals surface area contributed by atoms with Crippen molar-refractivity contribution in [3.05, 3.63) is 0 Å². The Bertz CT molecular complexity index is 91.6. The van der Waals surface area contributed by atoms with Crippen molar-refractivity contribution in [2.24, 2.45) is 0 Å². The van der Waals surface area contributed by atoms with Gasteiger partial charge in [-0.15, -0.1) is 11.6 Å². The lowest BCUT2D eigenvalue weighted by molar-refractivity contribution is 0.198. The number of piperazine rings is 1. The summed E-state index contributed by atoms with van der Waals surface area (Å²) in [5, 5.41) is 3.31. The molecule has 2 nitrogen and oxygen atoms in total. The van der Waals surface area contributed by atoms with Gasteiger partial charge in [-0.1, -0.05) is 0 Å². The van der Waals surface area contributed by atoms with Gasteiger partial charge < -0.3 is 5.32 Å². The Balaban J connectivity index is 2.24. The molecular formula is C7H15ClN2. The summed E-state index contributed by atoms with van der Waals surface area (Å²) in [4.78, 5) is 2.42. The Kier molecular flexibility index (Phi) is 3.46. The summed E-state index contributed by atoms with van der Waals surface area (Å²) in [5.41, 5.74) is 0. The van der Waals surface area contributed by atoms with E-state index in [1.807, 2.05) is 0 Å². The number of nitrogens with one attached hydrogen (secondary N) is 1. The molecule has 0 aromatic rings. The number of hydrogen-bond acceptors (Lipinski definition) is 2. The maximum atomic E-state index is 5.72. The first-order chi connectivity index (χ1) is 4.84. The van der Waals surface area contributed by atoms with Crippen LogP contribution in [0, 0.1) is 0 Å². The molecule has 1 aliphatic rings. The monoisotopic (exact) mass is 162 g/mol. The predicted octanol–water partition coefficient (Wildman–Crippen LogP) is 0.519. The SMILES string of the molecule is CC(CCl)N1CCNCC1. The number of hydrogen-bond donors (Lipinski definition) is 1. The Morgan fingerprint density at radius 1 is 1.50 bits per heavy atom. The van der Waals surface area contributed by atoms with Crippen LogP contribution in [0.3, 0.4) is 0 Å². The summed E-state index contributed by atoms with van der Waals surface area (Å²) >= 11 is 5.72. The topological polar surface area (TPSA) is 15.3 Å². The zero-order valence-electron chi connectivity index (χ0n) is 6.44. The Hall–Kier alpha value is 0.210. The highest BCUT2D eigenvalue weighted by molar-refractivity contribution is 6.18. The van der Waals surface area contributed by atoms with E-state index in [1.165, 1.54) is 0 Å². The fourth-order valence-corrected chi connectivity index (χ4v) is 1.42. The Morgan fingerprint density at radius 2 is 2.10 bits per heavy atom. The third-order valence-corrected chi connectivity index (χ3v) is 2.44. The normalized spacial score (nSPS) is 24.6. The molecule has 10 heavy (non-hydrogen) atoms. The van der Waals surface area contributed by atoms with Gasteiger partial charge in [-0.3, -0.25) is 4.90 Å². The van der Waals surface area contributed by atoms with Crippen molar-refractivity contribution >= 4 is 11.6 Å². The summed E-state index contributed by atoms with van der Waals surface area (Å²) < 4.78 is 0. The first kappa shape index (κ1) is 8.31. The molecule has 0 spiro atoms. The predicted molar refractivity (Wildman–Crippen MR) is 44.6 cm³/mol. The standard InChI is InChI=1S/C7H15ClN2/c1-7(6-8)10-4-2-9-3-5-10/h7,9H,2-6H2,1H3. The highest BCUT2D eigenvalue weighted by Gasteiger charge is 2.14. The average Bonchev–Trinajstić information content (AvgIpc) is 2.05. The number of halogens is 1. The van der Waals surface area contributed by atoms with E-state index in [4.69, 9.17) is 11.6 Å². The molecule has 0 saturated carbocycles. The molecule has 0 radical (unpaired) electrons. The molecule has 0 bridgehead atoms. The van der Waals surface area contributed by atoms with Crippen molar-refractivity contribution in [1.29, 1.82) is 0 Å².